The van der Waals surface area contributed by atoms with Gasteiger partial charge in [-0.2, -0.15) is 26.3 Å². The van der Waals surface area contributed by atoms with E-state index in [0.29, 0.717) is 0 Å². The van der Waals surface area contributed by atoms with Gasteiger partial charge >= 0.3 is 12.4 Å². The highest BCUT2D eigenvalue weighted by molar-refractivity contribution is 5.84. The summed E-state index contributed by atoms with van der Waals surface area (Å²) >= 11 is 0. The Morgan fingerprint density at radius 2 is 1.43 bits per heavy atom. The summed E-state index contributed by atoms with van der Waals surface area (Å²) in [7, 11) is 0. The van der Waals surface area contributed by atoms with Crippen LogP contribution in [0.1, 0.15) is 12.5 Å². The van der Waals surface area contributed by atoms with Gasteiger partial charge in [-0.05, 0) is 24.6 Å². The summed E-state index contributed by atoms with van der Waals surface area (Å²) in [5.74, 6) is -2.84. The van der Waals surface area contributed by atoms with E-state index in [1.54, 1.807) is 5.32 Å². The molecule has 0 saturated carbocycles. The van der Waals surface area contributed by atoms with Crippen LogP contribution in [0.4, 0.5) is 30.7 Å². The van der Waals surface area contributed by atoms with Gasteiger partial charge < -0.3 is 5.32 Å². The second kappa shape index (κ2) is 5.53. The van der Waals surface area contributed by atoms with E-state index < -0.39 is 36.0 Å². The van der Waals surface area contributed by atoms with Crippen molar-refractivity contribution in [3.05, 3.63) is 35.6 Å². The molecule has 0 spiro atoms. The lowest BCUT2D eigenvalue weighted by Gasteiger charge is -2.32. The number of hydrogen-bond acceptors (Lipinski definition) is 1. The smallest absolute Gasteiger partial charge is 0.351 e. The molecule has 118 valence electrons. The molecule has 1 amide bonds. The third kappa shape index (κ3) is 3.45. The second-order valence-corrected chi connectivity index (χ2v) is 4.43. The van der Waals surface area contributed by atoms with Gasteiger partial charge in [-0.1, -0.05) is 12.1 Å². The predicted molar refractivity (Wildman–Crippen MR) is 58.5 cm³/mol. The van der Waals surface area contributed by atoms with Crippen LogP contribution in [-0.2, 0) is 11.3 Å². The molecule has 0 saturated heterocycles. The van der Waals surface area contributed by atoms with E-state index in [1.807, 2.05) is 0 Å². The lowest BCUT2D eigenvalue weighted by molar-refractivity contribution is -0.319. The van der Waals surface area contributed by atoms with Crippen molar-refractivity contribution in [2.24, 2.45) is 5.41 Å². The van der Waals surface area contributed by atoms with E-state index in [2.05, 4.69) is 0 Å². The number of nitrogens with one attached hydrogen (secondary N) is 1. The van der Waals surface area contributed by atoms with Gasteiger partial charge in [0.15, 0.2) is 0 Å². The molecule has 2 nitrogen and oxygen atoms in total. The molecule has 0 heterocycles. The number of halogens is 7. The number of benzene rings is 1. The average molecular weight is 317 g/mol. The van der Waals surface area contributed by atoms with Gasteiger partial charge in [0.2, 0.25) is 11.3 Å². The molecule has 0 aliphatic heterocycles. The predicted octanol–water partition coefficient (Wildman–Crippen LogP) is 3.57. The molecule has 1 aromatic carbocycles. The Labute approximate surface area is 114 Å². The van der Waals surface area contributed by atoms with Gasteiger partial charge in [-0.25, -0.2) is 4.39 Å². The summed E-state index contributed by atoms with van der Waals surface area (Å²) < 4.78 is 88.2. The molecule has 0 atom stereocenters. The lowest BCUT2D eigenvalue weighted by Crippen LogP contribution is -2.57. The molecule has 1 aromatic rings. The van der Waals surface area contributed by atoms with Crippen molar-refractivity contribution >= 4 is 5.91 Å². The van der Waals surface area contributed by atoms with E-state index in [4.69, 9.17) is 0 Å². The van der Waals surface area contributed by atoms with Crippen LogP contribution in [0.25, 0.3) is 0 Å². The molecule has 9 heteroatoms. The molecular weight excluding hydrogens is 307 g/mol. The van der Waals surface area contributed by atoms with Gasteiger partial charge in [0.05, 0.1) is 0 Å². The summed E-state index contributed by atoms with van der Waals surface area (Å²) in [6, 6.07) is 4.20. The number of rotatable bonds is 3. The van der Waals surface area contributed by atoms with E-state index in [1.165, 1.54) is 0 Å². The van der Waals surface area contributed by atoms with Crippen molar-refractivity contribution in [3.63, 3.8) is 0 Å². The highest BCUT2D eigenvalue weighted by Crippen LogP contribution is 2.50. The number of carbonyl (C=O) groups is 1. The highest BCUT2D eigenvalue weighted by atomic mass is 19.4. The molecule has 0 aromatic heterocycles. The van der Waals surface area contributed by atoms with Gasteiger partial charge in [0.1, 0.15) is 5.82 Å². The normalized spacial score (nSPS) is 13.1. The lowest BCUT2D eigenvalue weighted by atomic mass is 9.87. The van der Waals surface area contributed by atoms with Crippen molar-refractivity contribution in [2.75, 3.05) is 0 Å². The zero-order valence-electron chi connectivity index (χ0n) is 10.6. The number of carbonyl (C=O) groups excluding carboxylic acids is 1. The molecule has 21 heavy (non-hydrogen) atoms. The second-order valence-electron chi connectivity index (χ2n) is 4.43. The number of amides is 1. The molecule has 0 bridgehead atoms. The van der Waals surface area contributed by atoms with Gasteiger partial charge in [-0.15, -0.1) is 0 Å². The molecule has 0 fully saturated rings. The Kier molecular flexibility index (Phi) is 4.54. The fraction of sp³-hybridized carbons (Fsp3) is 0.417. The van der Waals surface area contributed by atoms with Crippen LogP contribution in [0.5, 0.6) is 0 Å². The monoisotopic (exact) mass is 317 g/mol. The third-order valence-corrected chi connectivity index (χ3v) is 2.95. The van der Waals surface area contributed by atoms with E-state index in [0.717, 1.165) is 24.3 Å². The Balaban J connectivity index is 2.91. The van der Waals surface area contributed by atoms with E-state index >= 15 is 0 Å². The molecule has 0 unspecified atom stereocenters. The summed E-state index contributed by atoms with van der Waals surface area (Å²) in [4.78, 5) is 11.4. The first kappa shape index (κ1) is 17.3. The maximum Gasteiger partial charge on any atom is 0.411 e. The van der Waals surface area contributed by atoms with Crippen LogP contribution >= 0.6 is 0 Å². The van der Waals surface area contributed by atoms with Crippen LogP contribution < -0.4 is 5.32 Å². The van der Waals surface area contributed by atoms with Crippen molar-refractivity contribution in [3.8, 4) is 0 Å². The standard InChI is InChI=1S/C12H10F7NO/c1-10(11(14,15)16,12(17,18)19)9(21)20-6-7-2-4-8(13)5-3-7/h2-5H,6H2,1H3,(H,20,21). The largest absolute Gasteiger partial charge is 0.411 e. The van der Waals surface area contributed by atoms with Gasteiger partial charge in [-0.3, -0.25) is 4.79 Å². The summed E-state index contributed by atoms with van der Waals surface area (Å²) in [6.45, 7) is -0.812. The van der Waals surface area contributed by atoms with Crippen molar-refractivity contribution < 1.29 is 35.5 Å². The fourth-order valence-electron chi connectivity index (χ4n) is 1.38. The zero-order valence-corrected chi connectivity index (χ0v) is 10.6. The van der Waals surface area contributed by atoms with Crippen molar-refractivity contribution in [1.29, 1.82) is 0 Å². The van der Waals surface area contributed by atoms with Crippen molar-refractivity contribution in [2.45, 2.75) is 25.8 Å². The zero-order chi connectivity index (χ0) is 16.5. The van der Waals surface area contributed by atoms with Crippen LogP contribution in [0.15, 0.2) is 24.3 Å². The van der Waals surface area contributed by atoms with Crippen LogP contribution in [-0.4, -0.2) is 18.3 Å². The first-order valence-corrected chi connectivity index (χ1v) is 5.56. The van der Waals surface area contributed by atoms with Crippen LogP contribution in [0.2, 0.25) is 0 Å². The molecule has 0 aliphatic carbocycles. The highest BCUT2D eigenvalue weighted by Gasteiger charge is 2.72. The van der Waals surface area contributed by atoms with Crippen LogP contribution in [0, 0.1) is 11.2 Å². The Hall–Kier alpha value is -1.80. The van der Waals surface area contributed by atoms with Crippen molar-refractivity contribution in [1.82, 2.24) is 5.32 Å². The molecule has 1 rings (SSSR count). The SMILES string of the molecule is CC(C(=O)NCc1ccc(F)cc1)(C(F)(F)F)C(F)(F)F. The minimum Gasteiger partial charge on any atom is -0.351 e. The Morgan fingerprint density at radius 3 is 1.81 bits per heavy atom. The topological polar surface area (TPSA) is 29.1 Å². The summed E-state index contributed by atoms with van der Waals surface area (Å²) in [6.07, 6.45) is -11.6. The molecule has 1 N–H and O–H groups in total. The van der Waals surface area contributed by atoms with Gasteiger partial charge in [0, 0.05) is 6.54 Å². The number of alkyl halides is 6. The molecule has 0 radical (unpaired) electrons. The maximum atomic E-state index is 12.6. The first-order chi connectivity index (χ1) is 9.39. The number of hydrogen-bond donors (Lipinski definition) is 1. The van der Waals surface area contributed by atoms with E-state index in [9.17, 15) is 35.5 Å². The fourth-order valence-corrected chi connectivity index (χ4v) is 1.38. The molecular formula is C12H10F7NO. The van der Waals surface area contributed by atoms with Gasteiger partial charge in [0.25, 0.3) is 0 Å². The third-order valence-electron chi connectivity index (χ3n) is 2.95. The Morgan fingerprint density at radius 1 is 1.00 bits per heavy atom. The first-order valence-electron chi connectivity index (χ1n) is 5.56. The summed E-state index contributed by atoms with van der Waals surface area (Å²) in [5, 5.41) is 1.57. The minimum atomic E-state index is -5.79. The quantitative estimate of drug-likeness (QED) is 0.849. The average Bonchev–Trinajstić information content (AvgIpc) is 2.34. The van der Waals surface area contributed by atoms with Crippen LogP contribution in [0.3, 0.4) is 0 Å². The summed E-state index contributed by atoms with van der Waals surface area (Å²) in [5.41, 5.74) is -4.35. The van der Waals surface area contributed by atoms with E-state index in [-0.39, 0.29) is 12.5 Å². The minimum absolute atomic E-state index is 0.163. The molecule has 0 aliphatic rings. The Bertz CT molecular complexity index is 490. The maximum absolute atomic E-state index is 12.6.